The van der Waals surface area contributed by atoms with Gasteiger partial charge in [0.2, 0.25) is 5.82 Å². The molecule has 0 spiro atoms. The molecule has 104 valence electrons. The number of hydrogen-bond donors (Lipinski definition) is 0. The quantitative estimate of drug-likeness (QED) is 0.625. The molecule has 5 nitrogen and oxygen atoms in total. The second kappa shape index (κ2) is 5.73. The van der Waals surface area contributed by atoms with Gasteiger partial charge in [0.25, 0.3) is 5.91 Å². The van der Waals surface area contributed by atoms with Crippen LogP contribution in [0.3, 0.4) is 0 Å². The van der Waals surface area contributed by atoms with Crippen LogP contribution in [-0.4, -0.2) is 28.3 Å². The normalized spacial score (nSPS) is 10.6. The molecule has 0 atom stereocenters. The second-order valence-corrected chi connectivity index (χ2v) is 4.20. The van der Waals surface area contributed by atoms with E-state index in [0.29, 0.717) is 6.07 Å². The number of nitro groups is 1. The van der Waals surface area contributed by atoms with E-state index in [4.69, 9.17) is 0 Å². The molecule has 0 N–H and O–H groups in total. The summed E-state index contributed by atoms with van der Waals surface area (Å²) in [5, 5.41) is 10.6. The van der Waals surface area contributed by atoms with Crippen LogP contribution in [0, 0.1) is 21.7 Å². The molecule has 1 aromatic carbocycles. The molecular formula is C12H14F2N2O3. The van der Waals surface area contributed by atoms with Crippen molar-refractivity contribution in [2.45, 2.75) is 26.8 Å². The molecule has 1 amide bonds. The fourth-order valence-electron chi connectivity index (χ4n) is 1.77. The van der Waals surface area contributed by atoms with Crippen LogP contribution in [0.4, 0.5) is 14.5 Å². The highest BCUT2D eigenvalue weighted by Crippen LogP contribution is 2.24. The number of benzene rings is 1. The molecule has 0 aliphatic rings. The lowest BCUT2D eigenvalue weighted by Crippen LogP contribution is -2.37. The molecule has 1 rings (SSSR count). The average Bonchev–Trinajstić information content (AvgIpc) is 2.28. The molecule has 0 heterocycles. The Morgan fingerprint density at radius 1 is 1.42 bits per heavy atom. The lowest BCUT2D eigenvalue weighted by molar-refractivity contribution is -0.387. The average molecular weight is 272 g/mol. The second-order valence-electron chi connectivity index (χ2n) is 4.20. The smallest absolute Gasteiger partial charge is 0.305 e. The Morgan fingerprint density at radius 3 is 2.42 bits per heavy atom. The van der Waals surface area contributed by atoms with Crippen LogP contribution >= 0.6 is 0 Å². The topological polar surface area (TPSA) is 63.5 Å². The van der Waals surface area contributed by atoms with Gasteiger partial charge in [-0.05, 0) is 26.8 Å². The Kier molecular flexibility index (Phi) is 4.52. The fraction of sp³-hybridized carbons (Fsp3) is 0.417. The van der Waals surface area contributed by atoms with Gasteiger partial charge in [0.15, 0.2) is 0 Å². The molecule has 7 heteroatoms. The number of nitrogens with zero attached hydrogens (tertiary/aromatic N) is 2. The predicted molar refractivity (Wildman–Crippen MR) is 64.9 cm³/mol. The first-order valence-electron chi connectivity index (χ1n) is 5.74. The summed E-state index contributed by atoms with van der Waals surface area (Å²) in [6.07, 6.45) is 0. The summed E-state index contributed by atoms with van der Waals surface area (Å²) >= 11 is 0. The molecule has 0 saturated heterocycles. The summed E-state index contributed by atoms with van der Waals surface area (Å²) in [4.78, 5) is 22.9. The van der Waals surface area contributed by atoms with Gasteiger partial charge in [-0.2, -0.15) is 4.39 Å². The van der Waals surface area contributed by atoms with Gasteiger partial charge < -0.3 is 4.90 Å². The Morgan fingerprint density at radius 2 is 2.00 bits per heavy atom. The van der Waals surface area contributed by atoms with Crippen molar-refractivity contribution in [3.8, 4) is 0 Å². The van der Waals surface area contributed by atoms with E-state index in [1.165, 1.54) is 4.90 Å². The number of carbonyl (C=O) groups is 1. The van der Waals surface area contributed by atoms with Crippen LogP contribution < -0.4 is 0 Å². The molecule has 0 aromatic heterocycles. The molecular weight excluding hydrogens is 258 g/mol. The van der Waals surface area contributed by atoms with Crippen molar-refractivity contribution < 1.29 is 18.5 Å². The molecule has 0 saturated carbocycles. The van der Waals surface area contributed by atoms with Gasteiger partial charge in [0, 0.05) is 18.7 Å². The third kappa shape index (κ3) is 2.86. The molecule has 0 fully saturated rings. The standard InChI is InChI=1S/C12H14F2N2O3/c1-4-15(7(2)3)12(17)10-8(13)5-6-9(11(10)14)16(18)19/h5-7H,4H2,1-3H3. The summed E-state index contributed by atoms with van der Waals surface area (Å²) in [6.45, 7) is 5.28. The lowest BCUT2D eigenvalue weighted by atomic mass is 10.1. The van der Waals surface area contributed by atoms with Gasteiger partial charge in [0.1, 0.15) is 11.4 Å². The molecule has 1 aromatic rings. The van der Waals surface area contributed by atoms with E-state index in [9.17, 15) is 23.7 Å². The first kappa shape index (κ1) is 15.0. The third-order valence-electron chi connectivity index (χ3n) is 2.71. The zero-order chi connectivity index (χ0) is 14.7. The first-order valence-corrected chi connectivity index (χ1v) is 5.74. The van der Waals surface area contributed by atoms with Crippen LogP contribution in [-0.2, 0) is 0 Å². The Labute approximate surface area is 109 Å². The molecule has 0 radical (unpaired) electrons. The fourth-order valence-corrected chi connectivity index (χ4v) is 1.77. The van der Waals surface area contributed by atoms with Crippen molar-refractivity contribution in [2.24, 2.45) is 0 Å². The molecule has 0 aliphatic carbocycles. The Hall–Kier alpha value is -2.05. The van der Waals surface area contributed by atoms with E-state index >= 15 is 0 Å². The maximum atomic E-state index is 13.9. The van der Waals surface area contributed by atoms with Crippen molar-refractivity contribution in [3.63, 3.8) is 0 Å². The van der Waals surface area contributed by atoms with Crippen molar-refractivity contribution in [3.05, 3.63) is 39.4 Å². The van der Waals surface area contributed by atoms with E-state index in [0.717, 1.165) is 6.07 Å². The van der Waals surface area contributed by atoms with Gasteiger partial charge in [0.05, 0.1) is 4.92 Å². The first-order chi connectivity index (χ1) is 8.81. The number of halogens is 2. The van der Waals surface area contributed by atoms with Crippen LogP contribution in [0.25, 0.3) is 0 Å². The minimum Gasteiger partial charge on any atom is -0.336 e. The van der Waals surface area contributed by atoms with E-state index in [-0.39, 0.29) is 12.6 Å². The van der Waals surface area contributed by atoms with Crippen LogP contribution in [0.1, 0.15) is 31.1 Å². The van der Waals surface area contributed by atoms with Crippen molar-refractivity contribution in [1.29, 1.82) is 0 Å². The maximum absolute atomic E-state index is 13.9. The third-order valence-corrected chi connectivity index (χ3v) is 2.71. The highest BCUT2D eigenvalue weighted by molar-refractivity contribution is 5.95. The maximum Gasteiger partial charge on any atom is 0.305 e. The van der Waals surface area contributed by atoms with E-state index in [1.807, 2.05) is 0 Å². The summed E-state index contributed by atoms with van der Waals surface area (Å²) < 4.78 is 27.5. The Balaban J connectivity index is 3.37. The van der Waals surface area contributed by atoms with Crippen LogP contribution in [0.5, 0.6) is 0 Å². The number of nitro benzene ring substituents is 1. The summed E-state index contributed by atoms with van der Waals surface area (Å²) in [6, 6.07) is 1.16. The highest BCUT2D eigenvalue weighted by Gasteiger charge is 2.29. The van der Waals surface area contributed by atoms with E-state index < -0.39 is 33.7 Å². The van der Waals surface area contributed by atoms with Gasteiger partial charge in [-0.3, -0.25) is 14.9 Å². The Bertz CT molecular complexity index is 518. The largest absolute Gasteiger partial charge is 0.336 e. The van der Waals surface area contributed by atoms with Gasteiger partial charge >= 0.3 is 5.69 Å². The van der Waals surface area contributed by atoms with Gasteiger partial charge in [-0.15, -0.1) is 0 Å². The summed E-state index contributed by atoms with van der Waals surface area (Å²) in [5.41, 5.74) is -1.80. The van der Waals surface area contributed by atoms with Crippen LogP contribution in [0.15, 0.2) is 12.1 Å². The van der Waals surface area contributed by atoms with Gasteiger partial charge in [-0.25, -0.2) is 4.39 Å². The van der Waals surface area contributed by atoms with E-state index in [2.05, 4.69) is 0 Å². The predicted octanol–water partition coefficient (Wildman–Crippen LogP) is 2.74. The number of rotatable bonds is 4. The molecule has 19 heavy (non-hydrogen) atoms. The van der Waals surface area contributed by atoms with Gasteiger partial charge in [-0.1, -0.05) is 0 Å². The minimum atomic E-state index is -1.44. The monoisotopic (exact) mass is 272 g/mol. The number of amides is 1. The summed E-state index contributed by atoms with van der Waals surface area (Å²) in [7, 11) is 0. The SMILES string of the molecule is CCN(C(=O)c1c(F)ccc([N+](=O)[O-])c1F)C(C)C. The van der Waals surface area contributed by atoms with Crippen LogP contribution in [0.2, 0.25) is 0 Å². The highest BCUT2D eigenvalue weighted by atomic mass is 19.1. The van der Waals surface area contributed by atoms with Crippen molar-refractivity contribution in [2.75, 3.05) is 6.54 Å². The minimum absolute atomic E-state index is 0.248. The van der Waals surface area contributed by atoms with E-state index in [1.54, 1.807) is 20.8 Å². The lowest BCUT2D eigenvalue weighted by Gasteiger charge is -2.25. The zero-order valence-electron chi connectivity index (χ0n) is 10.8. The number of hydrogen-bond acceptors (Lipinski definition) is 3. The van der Waals surface area contributed by atoms with Crippen molar-refractivity contribution >= 4 is 11.6 Å². The summed E-state index contributed by atoms with van der Waals surface area (Å²) in [5.74, 6) is -3.43. The van der Waals surface area contributed by atoms with Crippen molar-refractivity contribution in [1.82, 2.24) is 4.90 Å². The molecule has 0 aliphatic heterocycles. The number of carbonyl (C=O) groups excluding carboxylic acids is 1. The molecule has 0 bridgehead atoms. The zero-order valence-corrected chi connectivity index (χ0v) is 10.8. The molecule has 0 unspecified atom stereocenters.